The van der Waals surface area contributed by atoms with E-state index in [4.69, 9.17) is 0 Å². The molecule has 0 atom stereocenters. The van der Waals surface area contributed by atoms with Gasteiger partial charge in [0.2, 0.25) is 0 Å². The molecular weight excluding hydrogens is 202 g/mol. The Hall–Kier alpha value is -1.32. The van der Waals surface area contributed by atoms with Crippen molar-refractivity contribution in [2.45, 2.75) is 39.0 Å². The summed E-state index contributed by atoms with van der Waals surface area (Å²) in [6.07, 6.45) is 6.68. The Morgan fingerprint density at radius 3 is 2.94 bits per heavy atom. The van der Waals surface area contributed by atoms with E-state index >= 15 is 0 Å². The van der Waals surface area contributed by atoms with Crippen LogP contribution in [0.1, 0.15) is 37.9 Å². The van der Waals surface area contributed by atoms with Gasteiger partial charge in [0.1, 0.15) is 11.6 Å². The molecule has 1 aliphatic carbocycles. The number of aryl methyl sites for hydroxylation is 1. The lowest BCUT2D eigenvalue weighted by Crippen LogP contribution is -2.13. The molecule has 0 unspecified atom stereocenters. The van der Waals surface area contributed by atoms with Crippen LogP contribution in [-0.2, 0) is 0 Å². The fourth-order valence-corrected chi connectivity index (χ4v) is 2.37. The van der Waals surface area contributed by atoms with Crippen molar-refractivity contribution in [1.29, 1.82) is 0 Å². The van der Waals surface area contributed by atoms with Crippen LogP contribution in [0.2, 0.25) is 0 Å². The van der Waals surface area contributed by atoms with Crippen LogP contribution in [0.3, 0.4) is 0 Å². The Labute approximate surface area is 95.5 Å². The molecule has 0 bridgehead atoms. The minimum atomic E-state index is -0.0872. The van der Waals surface area contributed by atoms with E-state index in [1.165, 1.54) is 38.2 Å². The molecule has 0 spiro atoms. The standard InChI is InChI=1S/C12H19N3O/c1-9-14-11(8-12(16)15-9)13-7-6-10-4-2-3-5-10/h8,10H,2-7H2,1H3,(H2,13,14,15,16). The summed E-state index contributed by atoms with van der Waals surface area (Å²) < 4.78 is 0. The highest BCUT2D eigenvalue weighted by Crippen LogP contribution is 2.27. The van der Waals surface area contributed by atoms with E-state index in [1.807, 2.05) is 0 Å². The predicted octanol–water partition coefficient (Wildman–Crippen LogP) is 2.07. The Bertz CT molecular complexity index is 393. The second kappa shape index (κ2) is 5.14. The first-order chi connectivity index (χ1) is 7.74. The second-order valence-electron chi connectivity index (χ2n) is 4.58. The molecule has 0 aliphatic heterocycles. The summed E-state index contributed by atoms with van der Waals surface area (Å²) in [5, 5.41) is 3.22. The molecule has 2 N–H and O–H groups in total. The average Bonchev–Trinajstić information content (AvgIpc) is 2.69. The van der Waals surface area contributed by atoms with Crippen molar-refractivity contribution < 1.29 is 0 Å². The second-order valence-corrected chi connectivity index (χ2v) is 4.58. The monoisotopic (exact) mass is 221 g/mol. The van der Waals surface area contributed by atoms with Crippen molar-refractivity contribution in [3.05, 3.63) is 22.2 Å². The van der Waals surface area contributed by atoms with Crippen molar-refractivity contribution in [3.63, 3.8) is 0 Å². The zero-order valence-electron chi connectivity index (χ0n) is 9.75. The lowest BCUT2D eigenvalue weighted by atomic mass is 10.0. The first-order valence-electron chi connectivity index (χ1n) is 6.06. The highest BCUT2D eigenvalue weighted by Gasteiger charge is 2.14. The maximum absolute atomic E-state index is 11.2. The summed E-state index contributed by atoms with van der Waals surface area (Å²) in [6, 6.07) is 1.52. The van der Waals surface area contributed by atoms with Gasteiger partial charge in [0, 0.05) is 12.6 Å². The third-order valence-electron chi connectivity index (χ3n) is 3.19. The van der Waals surface area contributed by atoms with Gasteiger partial charge < -0.3 is 10.3 Å². The number of anilines is 1. The molecule has 0 radical (unpaired) electrons. The number of nitrogens with one attached hydrogen (secondary N) is 2. The van der Waals surface area contributed by atoms with E-state index in [2.05, 4.69) is 15.3 Å². The Morgan fingerprint density at radius 2 is 2.25 bits per heavy atom. The quantitative estimate of drug-likeness (QED) is 0.818. The number of rotatable bonds is 4. The Morgan fingerprint density at radius 1 is 1.50 bits per heavy atom. The molecule has 1 aromatic heterocycles. The topological polar surface area (TPSA) is 57.8 Å². The predicted molar refractivity (Wildman–Crippen MR) is 64.7 cm³/mol. The molecule has 1 aromatic rings. The maximum Gasteiger partial charge on any atom is 0.252 e. The number of aromatic amines is 1. The van der Waals surface area contributed by atoms with Gasteiger partial charge in [-0.05, 0) is 19.3 Å². The first kappa shape index (κ1) is 11.2. The zero-order chi connectivity index (χ0) is 11.4. The van der Waals surface area contributed by atoms with E-state index in [0.29, 0.717) is 11.6 Å². The van der Waals surface area contributed by atoms with Crippen molar-refractivity contribution in [2.24, 2.45) is 5.92 Å². The van der Waals surface area contributed by atoms with Crippen LogP contribution in [0.25, 0.3) is 0 Å². The molecule has 1 fully saturated rings. The largest absolute Gasteiger partial charge is 0.370 e. The van der Waals surface area contributed by atoms with E-state index < -0.39 is 0 Å². The molecule has 88 valence electrons. The number of aromatic nitrogens is 2. The normalized spacial score (nSPS) is 16.6. The minimum absolute atomic E-state index is 0.0872. The molecule has 0 aromatic carbocycles. The number of hydrogen-bond acceptors (Lipinski definition) is 3. The highest BCUT2D eigenvalue weighted by molar-refractivity contribution is 5.32. The average molecular weight is 221 g/mol. The van der Waals surface area contributed by atoms with Gasteiger partial charge in [-0.2, -0.15) is 0 Å². The van der Waals surface area contributed by atoms with Gasteiger partial charge in [-0.1, -0.05) is 25.7 Å². The summed E-state index contributed by atoms with van der Waals surface area (Å²) in [6.45, 7) is 2.71. The third-order valence-corrected chi connectivity index (χ3v) is 3.19. The van der Waals surface area contributed by atoms with Gasteiger partial charge in [-0.15, -0.1) is 0 Å². The van der Waals surface area contributed by atoms with Gasteiger partial charge in [0.15, 0.2) is 0 Å². The molecule has 1 heterocycles. The van der Waals surface area contributed by atoms with Gasteiger partial charge in [-0.3, -0.25) is 4.79 Å². The van der Waals surface area contributed by atoms with E-state index in [0.717, 1.165) is 12.5 Å². The molecule has 1 aliphatic rings. The van der Waals surface area contributed by atoms with Crippen LogP contribution < -0.4 is 10.9 Å². The van der Waals surface area contributed by atoms with Crippen LogP contribution in [0.15, 0.2) is 10.9 Å². The number of hydrogen-bond donors (Lipinski definition) is 2. The van der Waals surface area contributed by atoms with Crippen LogP contribution >= 0.6 is 0 Å². The minimum Gasteiger partial charge on any atom is -0.370 e. The van der Waals surface area contributed by atoms with Gasteiger partial charge in [0.25, 0.3) is 5.56 Å². The Balaban J connectivity index is 1.82. The van der Waals surface area contributed by atoms with Crippen LogP contribution in [-0.4, -0.2) is 16.5 Å². The summed E-state index contributed by atoms with van der Waals surface area (Å²) >= 11 is 0. The van der Waals surface area contributed by atoms with Crippen LogP contribution in [0, 0.1) is 12.8 Å². The van der Waals surface area contributed by atoms with Crippen molar-refractivity contribution in [1.82, 2.24) is 9.97 Å². The lowest BCUT2D eigenvalue weighted by molar-refractivity contribution is 0.518. The zero-order valence-corrected chi connectivity index (χ0v) is 9.75. The summed E-state index contributed by atoms with van der Waals surface area (Å²) in [7, 11) is 0. The fourth-order valence-electron chi connectivity index (χ4n) is 2.37. The fraction of sp³-hybridized carbons (Fsp3) is 0.667. The smallest absolute Gasteiger partial charge is 0.252 e. The van der Waals surface area contributed by atoms with Crippen molar-refractivity contribution >= 4 is 5.82 Å². The molecule has 4 nitrogen and oxygen atoms in total. The lowest BCUT2D eigenvalue weighted by Gasteiger charge is -2.10. The molecule has 4 heteroatoms. The van der Waals surface area contributed by atoms with Gasteiger partial charge in [-0.25, -0.2) is 4.98 Å². The number of nitrogens with zero attached hydrogens (tertiary/aromatic N) is 1. The summed E-state index contributed by atoms with van der Waals surface area (Å²) in [4.78, 5) is 18.1. The molecule has 0 amide bonds. The Kier molecular flexibility index (Phi) is 3.59. The van der Waals surface area contributed by atoms with Gasteiger partial charge >= 0.3 is 0 Å². The van der Waals surface area contributed by atoms with Crippen LogP contribution in [0.5, 0.6) is 0 Å². The summed E-state index contributed by atoms with van der Waals surface area (Å²) in [5.74, 6) is 2.23. The van der Waals surface area contributed by atoms with Crippen molar-refractivity contribution in [2.75, 3.05) is 11.9 Å². The first-order valence-corrected chi connectivity index (χ1v) is 6.06. The molecule has 2 rings (SSSR count). The molecule has 16 heavy (non-hydrogen) atoms. The number of H-pyrrole nitrogens is 1. The maximum atomic E-state index is 11.2. The van der Waals surface area contributed by atoms with Gasteiger partial charge in [0.05, 0.1) is 0 Å². The van der Waals surface area contributed by atoms with Crippen molar-refractivity contribution in [3.8, 4) is 0 Å². The summed E-state index contributed by atoms with van der Waals surface area (Å²) in [5.41, 5.74) is -0.0872. The molecule has 1 saturated carbocycles. The highest BCUT2D eigenvalue weighted by atomic mass is 16.1. The van der Waals surface area contributed by atoms with Crippen LogP contribution in [0.4, 0.5) is 5.82 Å². The molecule has 0 saturated heterocycles. The third kappa shape index (κ3) is 3.08. The molecular formula is C12H19N3O. The van der Waals surface area contributed by atoms with E-state index in [9.17, 15) is 4.79 Å². The SMILES string of the molecule is Cc1nc(NCCC2CCCC2)cc(=O)[nH]1. The van der Waals surface area contributed by atoms with E-state index in [1.54, 1.807) is 6.92 Å². The van der Waals surface area contributed by atoms with E-state index in [-0.39, 0.29) is 5.56 Å².